The summed E-state index contributed by atoms with van der Waals surface area (Å²) >= 11 is 0. The lowest BCUT2D eigenvalue weighted by Crippen LogP contribution is -2.43. The molecule has 2 heterocycles. The van der Waals surface area contributed by atoms with Gasteiger partial charge in [0.15, 0.2) is 17.5 Å². The van der Waals surface area contributed by atoms with E-state index in [-0.39, 0.29) is 43.3 Å². The fraction of sp³-hybridized carbons (Fsp3) is 0.178. The quantitative estimate of drug-likeness (QED) is 0.134. The minimum Gasteiger partial charge on any atom is -0.456 e. The standard InChI is InChI=1S/C50H47N.C44H35NO.C41H33N3/c1-47(2)41-20-14-12-18-38(41)39-28-26-36(31-44(39)50(47,7)8)51(34-16-10-9-11-17-34)35-25-27-37-33(30-35)23-22-32-24-29-43-46(45(32)37)40-19-13-15-21-42(40)48(3,4)49(43,5)6;1-43(2)36-18-10-8-16-35(36)42-37(44(43,3)4)26-22-28-21-24-31-34(41(28)42)17-12-19-38(31)45(29-13-6-5-7-14-29)30-23-25-33-32-15-9-11-20-39(32)46-40(33)27-30;1-40(2)33-21-12-11-18-32(33)36-34(41(40,3)4)25-23-26-22-24-29-30(35(26)36)19-13-20-31(29)39-43-37(27-14-7-5-8-15-27)42-38(44-39)28-16-9-6-10-17-28/h9-31H,1-8H3;5-27H,1-4H3;5-25H,1-4H3. The number of aromatic nitrogens is 3. The zero-order valence-electron chi connectivity index (χ0n) is 83.3. The van der Waals surface area contributed by atoms with E-state index in [9.17, 15) is 0 Å². The van der Waals surface area contributed by atoms with E-state index < -0.39 is 0 Å². The molecule has 4 aliphatic rings. The van der Waals surface area contributed by atoms with Gasteiger partial charge in [0.2, 0.25) is 0 Å². The highest BCUT2D eigenvalue weighted by molar-refractivity contribution is 6.22. The molecule has 0 aliphatic heterocycles. The van der Waals surface area contributed by atoms with E-state index in [1.807, 2.05) is 48.5 Å². The molecule has 0 N–H and O–H groups in total. The zero-order valence-corrected chi connectivity index (χ0v) is 83.3. The van der Waals surface area contributed by atoms with Crippen LogP contribution in [-0.4, -0.2) is 15.0 Å². The lowest BCUT2D eigenvalue weighted by molar-refractivity contribution is 0.299. The summed E-state index contributed by atoms with van der Waals surface area (Å²) in [5, 5.41) is 17.4. The number of anilines is 6. The average Bonchev–Trinajstić information content (AvgIpc) is 0.978. The molecule has 0 atom stereocenters. The summed E-state index contributed by atoms with van der Waals surface area (Å²) in [4.78, 5) is 19.9. The van der Waals surface area contributed by atoms with Crippen LogP contribution in [0.15, 0.2) is 411 Å². The van der Waals surface area contributed by atoms with E-state index in [1.54, 1.807) is 0 Å². The predicted molar refractivity (Wildman–Crippen MR) is 597 cm³/mol. The molecule has 0 bridgehead atoms. The molecule has 22 aromatic rings. The number of fused-ring (bicyclic) bond motifs is 27. The van der Waals surface area contributed by atoms with Gasteiger partial charge in [-0.25, -0.2) is 15.0 Å². The molecular weight excluding hydrogens is 1710 g/mol. The molecule has 686 valence electrons. The number of furan rings is 1. The van der Waals surface area contributed by atoms with Crippen LogP contribution >= 0.6 is 0 Å². The first kappa shape index (κ1) is 88.1. The minimum atomic E-state index is -0.0743. The second-order valence-corrected chi connectivity index (χ2v) is 43.7. The average molecular weight is 1820 g/mol. The number of hydrogen-bond acceptors (Lipinski definition) is 6. The van der Waals surface area contributed by atoms with Gasteiger partial charge in [0.1, 0.15) is 11.2 Å². The van der Waals surface area contributed by atoms with Gasteiger partial charge in [-0.1, -0.05) is 438 Å². The maximum absolute atomic E-state index is 6.37. The van der Waals surface area contributed by atoms with E-state index in [0.29, 0.717) is 17.5 Å². The van der Waals surface area contributed by atoms with Crippen molar-refractivity contribution >= 4 is 121 Å². The highest BCUT2D eigenvalue weighted by Gasteiger charge is 2.51. The van der Waals surface area contributed by atoms with Crippen LogP contribution in [0.2, 0.25) is 0 Å². The Morgan fingerprint density at radius 3 is 1.03 bits per heavy atom. The number of nitrogens with zero attached hydrogens (tertiary/aromatic N) is 5. The van der Waals surface area contributed by atoms with Crippen molar-refractivity contribution in [1.29, 1.82) is 0 Å². The van der Waals surface area contributed by atoms with Gasteiger partial charge in [-0.3, -0.25) is 0 Å². The minimum absolute atomic E-state index is 0.00105. The molecule has 0 saturated heterocycles. The maximum Gasteiger partial charge on any atom is 0.164 e. The van der Waals surface area contributed by atoms with Gasteiger partial charge in [-0.15, -0.1) is 0 Å². The van der Waals surface area contributed by atoms with E-state index in [4.69, 9.17) is 19.4 Å². The summed E-state index contributed by atoms with van der Waals surface area (Å²) < 4.78 is 6.37. The lowest BCUT2D eigenvalue weighted by atomic mass is 9.55. The van der Waals surface area contributed by atoms with Gasteiger partial charge in [-0.05, 0) is 264 Å². The van der Waals surface area contributed by atoms with E-state index >= 15 is 0 Å². The molecule has 0 fully saturated rings. The molecule has 0 unspecified atom stereocenters. The van der Waals surface area contributed by atoms with Crippen LogP contribution in [-0.2, 0) is 43.3 Å². The van der Waals surface area contributed by atoms with Crippen molar-refractivity contribution < 1.29 is 4.42 Å². The Labute approximate surface area is 827 Å². The van der Waals surface area contributed by atoms with Crippen molar-refractivity contribution in [2.45, 2.75) is 154 Å². The van der Waals surface area contributed by atoms with Gasteiger partial charge in [0.05, 0.1) is 5.69 Å². The summed E-state index contributed by atoms with van der Waals surface area (Å²) in [6.07, 6.45) is 0. The molecule has 0 saturated carbocycles. The van der Waals surface area contributed by atoms with Crippen molar-refractivity contribution in [1.82, 2.24) is 15.0 Å². The third kappa shape index (κ3) is 13.4. The molecule has 0 radical (unpaired) electrons. The lowest BCUT2D eigenvalue weighted by Gasteiger charge is -2.48. The highest BCUT2D eigenvalue weighted by atomic mass is 16.3. The monoisotopic (exact) mass is 1820 g/mol. The molecule has 2 aromatic heterocycles. The van der Waals surface area contributed by atoms with E-state index in [2.05, 4.69) is 478 Å². The molecule has 6 nitrogen and oxygen atoms in total. The van der Waals surface area contributed by atoms with Crippen LogP contribution in [0.25, 0.3) is 165 Å². The Morgan fingerprint density at radius 1 is 0.184 bits per heavy atom. The largest absolute Gasteiger partial charge is 0.456 e. The van der Waals surface area contributed by atoms with Crippen molar-refractivity contribution in [3.63, 3.8) is 0 Å². The number of para-hydroxylation sites is 3. The maximum atomic E-state index is 6.37. The molecule has 0 spiro atoms. The Morgan fingerprint density at radius 2 is 0.511 bits per heavy atom. The zero-order chi connectivity index (χ0) is 96.8. The van der Waals surface area contributed by atoms with Crippen LogP contribution in [0.3, 0.4) is 0 Å². The van der Waals surface area contributed by atoms with Gasteiger partial charge in [0, 0.05) is 67.4 Å². The van der Waals surface area contributed by atoms with Gasteiger partial charge in [-0.2, -0.15) is 0 Å². The third-order valence-corrected chi connectivity index (χ3v) is 34.8. The number of benzene rings is 20. The fourth-order valence-electron chi connectivity index (χ4n) is 24.4. The SMILES string of the molecule is CC1(C)c2ccccc2-c2c(ccc3ccc4c(-c5nc(-c6ccccc6)nc(-c6ccccc6)n5)cccc4c23)C1(C)C.CC1(C)c2ccccc2-c2c(ccc3ccc4c(N(c5ccccc5)c5ccc6c(c5)oc5ccccc56)cccc4c23)C1(C)C.CC1(C)c2ccccc2-c2ccc(N(c3ccccc3)c3ccc4c(ccc5ccc6c(c54)-c4ccccc4C(C)(C)C6(C)C)c3)cc2C1(C)C. The van der Waals surface area contributed by atoms with Crippen molar-refractivity contribution in [3.8, 4) is 78.7 Å². The van der Waals surface area contributed by atoms with Crippen LogP contribution in [0.5, 0.6) is 0 Å². The smallest absolute Gasteiger partial charge is 0.164 e. The Kier molecular flexibility index (Phi) is 20.3. The Balaban J connectivity index is 0.000000115. The topological polar surface area (TPSA) is 58.3 Å². The molecule has 0 amide bonds. The van der Waals surface area contributed by atoms with Crippen molar-refractivity contribution in [2.24, 2.45) is 0 Å². The molecule has 6 heteroatoms. The third-order valence-electron chi connectivity index (χ3n) is 34.8. The van der Waals surface area contributed by atoms with Gasteiger partial charge < -0.3 is 14.2 Å². The molecule has 4 aliphatic carbocycles. The van der Waals surface area contributed by atoms with Crippen LogP contribution < -0.4 is 9.80 Å². The first-order valence-electron chi connectivity index (χ1n) is 50.0. The normalized spacial score (nSPS) is 15.7. The second-order valence-electron chi connectivity index (χ2n) is 43.7. The summed E-state index contributed by atoms with van der Waals surface area (Å²) in [5.74, 6) is 2.01. The fourth-order valence-corrected chi connectivity index (χ4v) is 24.4. The Bertz CT molecular complexity index is 8800. The van der Waals surface area contributed by atoms with E-state index in [1.165, 1.54) is 154 Å². The number of hydrogen-bond donors (Lipinski definition) is 0. The molecular formula is C135H115N5O. The summed E-state index contributed by atoms with van der Waals surface area (Å²) in [7, 11) is 0. The summed E-state index contributed by atoms with van der Waals surface area (Å²) in [6.45, 7) is 38.5. The van der Waals surface area contributed by atoms with Gasteiger partial charge in [0.25, 0.3) is 0 Å². The van der Waals surface area contributed by atoms with Gasteiger partial charge >= 0.3 is 0 Å². The van der Waals surface area contributed by atoms with Crippen molar-refractivity contribution in [2.75, 3.05) is 9.80 Å². The molecule has 141 heavy (non-hydrogen) atoms. The first-order chi connectivity index (χ1) is 68.0. The summed E-state index contributed by atoms with van der Waals surface area (Å²) in [6, 6.07) is 148. The van der Waals surface area contributed by atoms with Crippen LogP contribution in [0.4, 0.5) is 34.1 Å². The Hall–Kier alpha value is -15.6. The second kappa shape index (κ2) is 32.5. The molecule has 20 aromatic carbocycles. The first-order valence-corrected chi connectivity index (χ1v) is 50.0. The van der Waals surface area contributed by atoms with Crippen LogP contribution in [0, 0.1) is 0 Å². The summed E-state index contributed by atoms with van der Waals surface area (Å²) in [5.41, 5.74) is 33.4. The molecule has 26 rings (SSSR count). The number of rotatable bonds is 9. The van der Waals surface area contributed by atoms with Crippen molar-refractivity contribution in [3.05, 3.63) is 451 Å². The highest BCUT2D eigenvalue weighted by Crippen LogP contribution is 2.62. The van der Waals surface area contributed by atoms with Crippen LogP contribution in [0.1, 0.15) is 155 Å². The van der Waals surface area contributed by atoms with E-state index in [0.717, 1.165) is 72.5 Å². The predicted octanol–water partition coefficient (Wildman–Crippen LogP) is 36.9.